The van der Waals surface area contributed by atoms with Crippen molar-refractivity contribution in [1.82, 2.24) is 10.3 Å². The third-order valence-electron chi connectivity index (χ3n) is 3.79. The van der Waals surface area contributed by atoms with E-state index >= 15 is 0 Å². The van der Waals surface area contributed by atoms with Gasteiger partial charge in [-0.1, -0.05) is 27.7 Å². The molecule has 0 aliphatic heterocycles. The fraction of sp³-hybridized carbons (Fsp3) is 0.800. The predicted octanol–water partition coefficient (Wildman–Crippen LogP) is 3.78. The quantitative estimate of drug-likeness (QED) is 0.891. The van der Waals surface area contributed by atoms with Crippen molar-refractivity contribution in [1.29, 1.82) is 0 Å². The van der Waals surface area contributed by atoms with Crippen LogP contribution in [-0.2, 0) is 12.0 Å². The van der Waals surface area contributed by atoms with Crippen LogP contribution in [0.3, 0.4) is 0 Å². The number of nitrogens with one attached hydrogen (secondary N) is 1. The second-order valence-electron chi connectivity index (χ2n) is 6.77. The second-order valence-corrected chi connectivity index (χ2v) is 7.84. The highest BCUT2D eigenvalue weighted by Crippen LogP contribution is 2.36. The molecule has 1 N–H and O–H groups in total. The van der Waals surface area contributed by atoms with Crippen LogP contribution < -0.4 is 10.2 Å². The van der Waals surface area contributed by atoms with Gasteiger partial charge in [-0.2, -0.15) is 0 Å². The Morgan fingerprint density at radius 3 is 2.21 bits per heavy atom. The molecule has 110 valence electrons. The molecule has 0 saturated carbocycles. The number of hydrogen-bond acceptors (Lipinski definition) is 4. The van der Waals surface area contributed by atoms with Crippen molar-refractivity contribution >= 4 is 16.5 Å². The summed E-state index contributed by atoms with van der Waals surface area (Å²) in [4.78, 5) is 8.58. The number of hydrogen-bond donors (Lipinski definition) is 1. The van der Waals surface area contributed by atoms with Crippen molar-refractivity contribution in [3.63, 3.8) is 0 Å². The minimum Gasteiger partial charge on any atom is -0.346 e. The predicted molar refractivity (Wildman–Crippen MR) is 86.4 cm³/mol. The Morgan fingerprint density at radius 2 is 1.79 bits per heavy atom. The second kappa shape index (κ2) is 5.80. The molecule has 0 atom stereocenters. The molecule has 0 saturated heterocycles. The van der Waals surface area contributed by atoms with Gasteiger partial charge in [0.25, 0.3) is 0 Å². The van der Waals surface area contributed by atoms with Crippen molar-refractivity contribution in [3.8, 4) is 0 Å². The summed E-state index contributed by atoms with van der Waals surface area (Å²) in [5.74, 6) is 0. The Hall–Kier alpha value is -0.610. The lowest BCUT2D eigenvalue weighted by atomic mass is 9.91. The van der Waals surface area contributed by atoms with Gasteiger partial charge in [0.05, 0.1) is 5.69 Å². The van der Waals surface area contributed by atoms with E-state index in [1.54, 1.807) is 0 Å². The minimum atomic E-state index is 0.0954. The molecule has 0 bridgehead atoms. The van der Waals surface area contributed by atoms with Crippen LogP contribution >= 0.6 is 11.3 Å². The lowest BCUT2D eigenvalue weighted by Crippen LogP contribution is -2.40. The average molecular weight is 283 g/mol. The number of nitrogens with zero attached hydrogens (tertiary/aromatic N) is 2. The highest BCUT2D eigenvalue weighted by molar-refractivity contribution is 7.15. The molecular weight excluding hydrogens is 254 g/mol. The van der Waals surface area contributed by atoms with Crippen LogP contribution in [0.15, 0.2) is 0 Å². The molecule has 0 amide bonds. The Kier molecular flexibility index (Phi) is 5.02. The van der Waals surface area contributed by atoms with Crippen molar-refractivity contribution < 1.29 is 0 Å². The van der Waals surface area contributed by atoms with Gasteiger partial charge < -0.3 is 10.2 Å². The van der Waals surface area contributed by atoms with Gasteiger partial charge >= 0.3 is 0 Å². The number of rotatable bonds is 5. The first kappa shape index (κ1) is 16.4. The zero-order valence-electron chi connectivity index (χ0n) is 13.7. The van der Waals surface area contributed by atoms with E-state index in [-0.39, 0.29) is 11.0 Å². The van der Waals surface area contributed by atoms with Crippen LogP contribution in [0.25, 0.3) is 0 Å². The normalized spacial score (nSPS) is 12.8. The summed E-state index contributed by atoms with van der Waals surface area (Å²) in [6.07, 6.45) is 1.11. The Labute approximate surface area is 122 Å². The van der Waals surface area contributed by atoms with E-state index in [2.05, 4.69) is 58.8 Å². The molecule has 0 fully saturated rings. The minimum absolute atomic E-state index is 0.0954. The first-order valence-electron chi connectivity index (χ1n) is 7.02. The van der Waals surface area contributed by atoms with Crippen LogP contribution in [0.2, 0.25) is 0 Å². The molecule has 1 aromatic heterocycles. The Bertz CT molecular complexity index is 416. The number of aromatic nitrogens is 1. The topological polar surface area (TPSA) is 28.2 Å². The van der Waals surface area contributed by atoms with Gasteiger partial charge in [-0.05, 0) is 27.3 Å². The van der Waals surface area contributed by atoms with E-state index in [1.807, 2.05) is 18.4 Å². The van der Waals surface area contributed by atoms with E-state index in [0.717, 1.165) is 18.1 Å². The van der Waals surface area contributed by atoms with Gasteiger partial charge in [-0.3, -0.25) is 0 Å². The third-order valence-corrected chi connectivity index (χ3v) is 4.93. The maximum atomic E-state index is 4.92. The van der Waals surface area contributed by atoms with Crippen molar-refractivity contribution in [3.05, 3.63) is 10.6 Å². The van der Waals surface area contributed by atoms with Gasteiger partial charge in [0.2, 0.25) is 0 Å². The molecule has 0 unspecified atom stereocenters. The van der Waals surface area contributed by atoms with Crippen molar-refractivity contribution in [2.24, 2.45) is 0 Å². The smallest absolute Gasteiger partial charge is 0.186 e. The highest BCUT2D eigenvalue weighted by atomic mass is 32.1. The summed E-state index contributed by atoms with van der Waals surface area (Å²) in [5.41, 5.74) is 1.46. The molecular formula is C15H29N3S. The SMILES string of the molecule is CCC(C)(C)N(C)c1nc(C(C)(C)C)c(CNC)s1. The summed E-state index contributed by atoms with van der Waals surface area (Å²) in [6.45, 7) is 14.3. The van der Waals surface area contributed by atoms with Crippen LogP contribution in [0.5, 0.6) is 0 Å². The van der Waals surface area contributed by atoms with Gasteiger partial charge in [0, 0.05) is 29.4 Å². The van der Waals surface area contributed by atoms with Gasteiger partial charge in [-0.25, -0.2) is 4.98 Å². The van der Waals surface area contributed by atoms with Crippen LogP contribution in [-0.4, -0.2) is 24.6 Å². The number of thiazole rings is 1. The maximum Gasteiger partial charge on any atom is 0.186 e. The zero-order chi connectivity index (χ0) is 14.8. The lowest BCUT2D eigenvalue weighted by Gasteiger charge is -2.34. The Morgan fingerprint density at radius 1 is 1.21 bits per heavy atom. The van der Waals surface area contributed by atoms with Crippen molar-refractivity contribution in [2.45, 2.75) is 65.5 Å². The van der Waals surface area contributed by atoms with E-state index in [4.69, 9.17) is 4.98 Å². The van der Waals surface area contributed by atoms with Crippen LogP contribution in [0.1, 0.15) is 58.5 Å². The first-order valence-corrected chi connectivity index (χ1v) is 7.83. The summed E-state index contributed by atoms with van der Waals surface area (Å²) in [5, 5.41) is 4.38. The first-order chi connectivity index (χ1) is 8.63. The standard InChI is InChI=1S/C15H29N3S/c1-9-15(5,6)18(8)13-17-12(14(2,3)4)11(19-13)10-16-7/h16H,9-10H2,1-8H3. The molecule has 1 heterocycles. The Balaban J connectivity index is 3.18. The molecule has 0 aliphatic carbocycles. The van der Waals surface area contributed by atoms with E-state index in [9.17, 15) is 0 Å². The van der Waals surface area contributed by atoms with Crippen LogP contribution in [0.4, 0.5) is 5.13 Å². The largest absolute Gasteiger partial charge is 0.346 e. The van der Waals surface area contributed by atoms with Crippen LogP contribution in [0, 0.1) is 0 Å². The fourth-order valence-corrected chi connectivity index (χ4v) is 3.25. The molecule has 0 spiro atoms. The molecule has 4 heteroatoms. The number of anilines is 1. The van der Waals surface area contributed by atoms with Gasteiger partial charge in [0.15, 0.2) is 5.13 Å². The van der Waals surface area contributed by atoms with E-state index in [0.29, 0.717) is 0 Å². The average Bonchev–Trinajstić information content (AvgIpc) is 2.72. The van der Waals surface area contributed by atoms with Gasteiger partial charge in [0.1, 0.15) is 0 Å². The lowest BCUT2D eigenvalue weighted by molar-refractivity contribution is 0.468. The molecule has 0 aliphatic rings. The molecule has 3 nitrogen and oxygen atoms in total. The van der Waals surface area contributed by atoms with E-state index in [1.165, 1.54) is 10.6 Å². The summed E-state index contributed by atoms with van der Waals surface area (Å²) in [7, 11) is 4.14. The molecule has 19 heavy (non-hydrogen) atoms. The molecule has 0 radical (unpaired) electrons. The van der Waals surface area contributed by atoms with E-state index < -0.39 is 0 Å². The molecule has 0 aromatic carbocycles. The summed E-state index contributed by atoms with van der Waals surface area (Å²) >= 11 is 1.81. The highest BCUT2D eigenvalue weighted by Gasteiger charge is 2.28. The molecule has 1 rings (SSSR count). The summed E-state index contributed by atoms with van der Waals surface area (Å²) in [6, 6.07) is 0. The van der Waals surface area contributed by atoms with Crippen molar-refractivity contribution in [2.75, 3.05) is 19.0 Å². The zero-order valence-corrected chi connectivity index (χ0v) is 14.5. The maximum absolute atomic E-state index is 4.92. The fourth-order valence-electron chi connectivity index (χ4n) is 1.85. The monoisotopic (exact) mass is 283 g/mol. The van der Waals surface area contributed by atoms with Gasteiger partial charge in [-0.15, -0.1) is 11.3 Å². The molecule has 1 aromatic rings. The summed E-state index contributed by atoms with van der Waals surface area (Å²) < 4.78 is 0. The third kappa shape index (κ3) is 3.69.